The van der Waals surface area contributed by atoms with E-state index >= 15 is 0 Å². The molecule has 0 aromatic rings. The Morgan fingerprint density at radius 1 is 1.43 bits per heavy atom. The van der Waals surface area contributed by atoms with Crippen LogP contribution in [0.5, 0.6) is 0 Å². The SMILES string of the molecule is CSC(C)CNC(=O)N1CCCCC1. The molecule has 2 amide bonds. The van der Waals surface area contributed by atoms with Crippen LogP contribution in [-0.4, -0.2) is 42.1 Å². The average molecular weight is 216 g/mol. The zero-order valence-corrected chi connectivity index (χ0v) is 9.90. The van der Waals surface area contributed by atoms with Gasteiger partial charge >= 0.3 is 6.03 Å². The molecular weight excluding hydrogens is 196 g/mol. The average Bonchev–Trinajstić information content (AvgIpc) is 2.26. The van der Waals surface area contributed by atoms with Crippen molar-refractivity contribution in [1.82, 2.24) is 10.2 Å². The van der Waals surface area contributed by atoms with Gasteiger partial charge in [-0.15, -0.1) is 0 Å². The summed E-state index contributed by atoms with van der Waals surface area (Å²) in [7, 11) is 0. The molecule has 82 valence electrons. The number of piperidine rings is 1. The van der Waals surface area contributed by atoms with Gasteiger partial charge in [-0.1, -0.05) is 6.92 Å². The van der Waals surface area contributed by atoms with Gasteiger partial charge in [-0.05, 0) is 25.5 Å². The maximum absolute atomic E-state index is 11.6. The number of carbonyl (C=O) groups excluding carboxylic acids is 1. The molecule has 0 radical (unpaired) electrons. The number of nitrogens with one attached hydrogen (secondary N) is 1. The van der Waals surface area contributed by atoms with E-state index in [9.17, 15) is 4.79 Å². The zero-order chi connectivity index (χ0) is 10.4. The Bertz CT molecular complexity index is 181. The summed E-state index contributed by atoms with van der Waals surface area (Å²) in [6, 6.07) is 0.116. The largest absolute Gasteiger partial charge is 0.337 e. The van der Waals surface area contributed by atoms with Crippen LogP contribution in [0.25, 0.3) is 0 Å². The van der Waals surface area contributed by atoms with Crippen molar-refractivity contribution in [3.05, 3.63) is 0 Å². The van der Waals surface area contributed by atoms with Crippen LogP contribution in [0.4, 0.5) is 4.79 Å². The molecule has 1 fully saturated rings. The lowest BCUT2D eigenvalue weighted by molar-refractivity contribution is 0.186. The third-order valence-electron chi connectivity index (χ3n) is 2.59. The van der Waals surface area contributed by atoms with Crippen molar-refractivity contribution >= 4 is 17.8 Å². The first-order valence-electron chi connectivity index (χ1n) is 5.29. The van der Waals surface area contributed by atoms with E-state index in [0.29, 0.717) is 5.25 Å². The smallest absolute Gasteiger partial charge is 0.317 e. The van der Waals surface area contributed by atoms with Crippen molar-refractivity contribution in [2.45, 2.75) is 31.4 Å². The van der Waals surface area contributed by atoms with E-state index in [1.807, 2.05) is 4.90 Å². The van der Waals surface area contributed by atoms with Crippen LogP contribution >= 0.6 is 11.8 Å². The number of hydrogen-bond donors (Lipinski definition) is 1. The van der Waals surface area contributed by atoms with E-state index in [2.05, 4.69) is 18.5 Å². The second kappa shape index (κ2) is 6.17. The first-order valence-corrected chi connectivity index (χ1v) is 6.58. The minimum Gasteiger partial charge on any atom is -0.337 e. The predicted molar refractivity (Wildman–Crippen MR) is 61.8 cm³/mol. The van der Waals surface area contributed by atoms with E-state index in [1.165, 1.54) is 6.42 Å². The third-order valence-corrected chi connectivity index (χ3v) is 3.56. The Kier molecular flexibility index (Phi) is 5.15. The first kappa shape index (κ1) is 11.7. The minimum atomic E-state index is 0.116. The Hall–Kier alpha value is -0.380. The predicted octanol–water partition coefficient (Wildman–Crippen LogP) is 1.93. The number of rotatable bonds is 3. The fraction of sp³-hybridized carbons (Fsp3) is 0.900. The number of amides is 2. The van der Waals surface area contributed by atoms with Gasteiger partial charge in [0.2, 0.25) is 0 Å². The van der Waals surface area contributed by atoms with Crippen LogP contribution in [-0.2, 0) is 0 Å². The molecule has 3 nitrogen and oxygen atoms in total. The molecule has 0 bridgehead atoms. The molecule has 0 aromatic heterocycles. The molecule has 0 aliphatic carbocycles. The molecular formula is C10H20N2OS. The molecule has 4 heteroatoms. The quantitative estimate of drug-likeness (QED) is 0.782. The Balaban J connectivity index is 2.19. The van der Waals surface area contributed by atoms with Gasteiger partial charge in [0.25, 0.3) is 0 Å². The second-order valence-electron chi connectivity index (χ2n) is 3.78. The lowest BCUT2D eigenvalue weighted by atomic mass is 10.1. The molecule has 1 saturated heterocycles. The number of carbonyl (C=O) groups is 1. The molecule has 1 N–H and O–H groups in total. The van der Waals surface area contributed by atoms with Crippen molar-refractivity contribution < 1.29 is 4.79 Å². The fourth-order valence-corrected chi connectivity index (χ4v) is 1.77. The van der Waals surface area contributed by atoms with Crippen molar-refractivity contribution in [1.29, 1.82) is 0 Å². The van der Waals surface area contributed by atoms with Gasteiger partial charge in [-0.25, -0.2) is 4.79 Å². The number of nitrogens with zero attached hydrogens (tertiary/aromatic N) is 1. The fourth-order valence-electron chi connectivity index (χ4n) is 1.52. The van der Waals surface area contributed by atoms with E-state index in [-0.39, 0.29) is 6.03 Å². The summed E-state index contributed by atoms with van der Waals surface area (Å²) in [5, 5.41) is 3.47. The maximum Gasteiger partial charge on any atom is 0.317 e. The molecule has 14 heavy (non-hydrogen) atoms. The summed E-state index contributed by atoms with van der Waals surface area (Å²) in [5.74, 6) is 0. The Morgan fingerprint density at radius 2 is 2.07 bits per heavy atom. The highest BCUT2D eigenvalue weighted by molar-refractivity contribution is 7.99. The maximum atomic E-state index is 11.6. The summed E-state index contributed by atoms with van der Waals surface area (Å²) in [5.41, 5.74) is 0. The normalized spacial score (nSPS) is 19.1. The lowest BCUT2D eigenvalue weighted by Gasteiger charge is -2.27. The topological polar surface area (TPSA) is 32.3 Å². The van der Waals surface area contributed by atoms with Gasteiger partial charge in [0.05, 0.1) is 0 Å². The van der Waals surface area contributed by atoms with Crippen LogP contribution in [0.3, 0.4) is 0 Å². The number of urea groups is 1. The molecule has 0 spiro atoms. The number of likely N-dealkylation sites (tertiary alicyclic amines) is 1. The Labute approximate surface area is 90.6 Å². The van der Waals surface area contributed by atoms with Gasteiger partial charge in [0.15, 0.2) is 0 Å². The van der Waals surface area contributed by atoms with E-state index in [0.717, 1.165) is 32.5 Å². The monoisotopic (exact) mass is 216 g/mol. The first-order chi connectivity index (χ1) is 6.74. The van der Waals surface area contributed by atoms with Gasteiger partial charge in [-0.2, -0.15) is 11.8 Å². The highest BCUT2D eigenvalue weighted by Gasteiger charge is 2.15. The third kappa shape index (κ3) is 3.78. The molecule has 1 unspecified atom stereocenters. The summed E-state index contributed by atoms with van der Waals surface area (Å²) >= 11 is 1.78. The lowest BCUT2D eigenvalue weighted by Crippen LogP contribution is -2.44. The second-order valence-corrected chi connectivity index (χ2v) is 5.06. The molecule has 1 aliphatic rings. The number of hydrogen-bond acceptors (Lipinski definition) is 2. The van der Waals surface area contributed by atoms with Crippen molar-refractivity contribution in [3.8, 4) is 0 Å². The highest BCUT2D eigenvalue weighted by Crippen LogP contribution is 2.09. The molecule has 0 saturated carbocycles. The van der Waals surface area contributed by atoms with Crippen molar-refractivity contribution in [3.63, 3.8) is 0 Å². The molecule has 0 aromatic carbocycles. The molecule has 1 aliphatic heterocycles. The van der Waals surface area contributed by atoms with Crippen LogP contribution in [0.1, 0.15) is 26.2 Å². The summed E-state index contributed by atoms with van der Waals surface area (Å²) in [6.45, 7) is 4.76. The van der Waals surface area contributed by atoms with Gasteiger partial charge in [0, 0.05) is 24.9 Å². The summed E-state index contributed by atoms with van der Waals surface area (Å²) in [6.07, 6.45) is 5.65. The standard InChI is InChI=1S/C10H20N2OS/c1-9(14-2)8-11-10(13)12-6-4-3-5-7-12/h9H,3-8H2,1-2H3,(H,11,13). The molecule has 1 atom stereocenters. The minimum absolute atomic E-state index is 0.116. The van der Waals surface area contributed by atoms with E-state index in [1.54, 1.807) is 11.8 Å². The van der Waals surface area contributed by atoms with E-state index in [4.69, 9.17) is 0 Å². The van der Waals surface area contributed by atoms with Crippen molar-refractivity contribution in [2.75, 3.05) is 25.9 Å². The van der Waals surface area contributed by atoms with Crippen molar-refractivity contribution in [2.24, 2.45) is 0 Å². The number of thioether (sulfide) groups is 1. The van der Waals surface area contributed by atoms with Crippen LogP contribution in [0, 0.1) is 0 Å². The van der Waals surface area contributed by atoms with Gasteiger partial charge in [-0.3, -0.25) is 0 Å². The Morgan fingerprint density at radius 3 is 2.64 bits per heavy atom. The van der Waals surface area contributed by atoms with Gasteiger partial charge in [0.1, 0.15) is 0 Å². The zero-order valence-electron chi connectivity index (χ0n) is 9.08. The molecule has 1 rings (SSSR count). The van der Waals surface area contributed by atoms with Crippen LogP contribution in [0.15, 0.2) is 0 Å². The molecule has 1 heterocycles. The highest BCUT2D eigenvalue weighted by atomic mass is 32.2. The van der Waals surface area contributed by atoms with E-state index < -0.39 is 0 Å². The van der Waals surface area contributed by atoms with Crippen LogP contribution < -0.4 is 5.32 Å². The summed E-state index contributed by atoms with van der Waals surface area (Å²) < 4.78 is 0. The summed E-state index contributed by atoms with van der Waals surface area (Å²) in [4.78, 5) is 13.6. The van der Waals surface area contributed by atoms with Crippen LogP contribution in [0.2, 0.25) is 0 Å². The van der Waals surface area contributed by atoms with Gasteiger partial charge < -0.3 is 10.2 Å².